The standard InChI is InChI=1S/C19H19FO/c1-21-18-11-12-19-15(3-2-4-16(19)13-18)8-5-14-6-9-17(20)10-7-14/h3,6-7,9-13H,2,4-5,8H2,1H3. The summed E-state index contributed by atoms with van der Waals surface area (Å²) in [6, 6.07) is 13.1. The third-order valence-corrected chi connectivity index (χ3v) is 4.06. The Kier molecular flexibility index (Phi) is 4.05. The Balaban J connectivity index is 1.75. The van der Waals surface area contributed by atoms with Gasteiger partial charge < -0.3 is 4.74 Å². The van der Waals surface area contributed by atoms with Crippen LogP contribution < -0.4 is 4.74 Å². The van der Waals surface area contributed by atoms with E-state index >= 15 is 0 Å². The van der Waals surface area contributed by atoms with Gasteiger partial charge in [-0.25, -0.2) is 4.39 Å². The first-order chi connectivity index (χ1) is 10.3. The summed E-state index contributed by atoms with van der Waals surface area (Å²) in [7, 11) is 1.70. The van der Waals surface area contributed by atoms with E-state index in [1.165, 1.54) is 34.4 Å². The van der Waals surface area contributed by atoms with Gasteiger partial charge in [0, 0.05) is 0 Å². The minimum absolute atomic E-state index is 0.173. The first-order valence-corrected chi connectivity index (χ1v) is 7.37. The molecule has 0 spiro atoms. The lowest BCUT2D eigenvalue weighted by molar-refractivity contribution is 0.414. The fourth-order valence-corrected chi connectivity index (χ4v) is 2.90. The molecule has 21 heavy (non-hydrogen) atoms. The maximum Gasteiger partial charge on any atom is 0.123 e. The normalized spacial score (nSPS) is 13.5. The SMILES string of the molecule is COc1ccc2c(c1)CCC=C2CCc1ccc(F)cc1. The predicted octanol–water partition coefficient (Wildman–Crippen LogP) is 4.80. The van der Waals surface area contributed by atoms with Crippen LogP contribution in [0.1, 0.15) is 29.5 Å². The molecule has 0 saturated heterocycles. The highest BCUT2D eigenvalue weighted by molar-refractivity contribution is 5.71. The van der Waals surface area contributed by atoms with E-state index < -0.39 is 0 Å². The molecule has 0 aliphatic heterocycles. The maximum absolute atomic E-state index is 12.9. The Morgan fingerprint density at radius 1 is 1.05 bits per heavy atom. The molecule has 1 aliphatic rings. The number of aryl methyl sites for hydroxylation is 2. The molecule has 0 aromatic heterocycles. The maximum atomic E-state index is 12.9. The Morgan fingerprint density at radius 2 is 1.86 bits per heavy atom. The smallest absolute Gasteiger partial charge is 0.123 e. The molecule has 0 heterocycles. The fourth-order valence-electron chi connectivity index (χ4n) is 2.90. The largest absolute Gasteiger partial charge is 0.497 e. The predicted molar refractivity (Wildman–Crippen MR) is 84.0 cm³/mol. The highest BCUT2D eigenvalue weighted by atomic mass is 19.1. The molecule has 0 fully saturated rings. The third kappa shape index (κ3) is 3.15. The second-order valence-corrected chi connectivity index (χ2v) is 5.42. The number of benzene rings is 2. The van der Waals surface area contributed by atoms with Crippen LogP contribution in [0.3, 0.4) is 0 Å². The number of rotatable bonds is 4. The number of hydrogen-bond acceptors (Lipinski definition) is 1. The van der Waals surface area contributed by atoms with Crippen molar-refractivity contribution in [3.8, 4) is 5.75 Å². The highest BCUT2D eigenvalue weighted by Gasteiger charge is 2.13. The molecule has 0 bridgehead atoms. The van der Waals surface area contributed by atoms with Gasteiger partial charge in [0.05, 0.1) is 7.11 Å². The number of hydrogen-bond donors (Lipinski definition) is 0. The van der Waals surface area contributed by atoms with Crippen molar-refractivity contribution >= 4 is 5.57 Å². The van der Waals surface area contributed by atoms with Crippen LogP contribution in [-0.4, -0.2) is 7.11 Å². The van der Waals surface area contributed by atoms with Gasteiger partial charge in [0.25, 0.3) is 0 Å². The number of allylic oxidation sites excluding steroid dienone is 2. The Bertz CT molecular complexity index is 656. The monoisotopic (exact) mass is 282 g/mol. The van der Waals surface area contributed by atoms with Crippen molar-refractivity contribution in [3.05, 3.63) is 71.0 Å². The lowest BCUT2D eigenvalue weighted by atomic mass is 9.87. The summed E-state index contributed by atoms with van der Waals surface area (Å²) < 4.78 is 18.2. The number of fused-ring (bicyclic) bond motifs is 1. The lowest BCUT2D eigenvalue weighted by Crippen LogP contribution is -2.01. The summed E-state index contributed by atoms with van der Waals surface area (Å²) in [5.41, 5.74) is 5.27. The summed E-state index contributed by atoms with van der Waals surface area (Å²) in [6.45, 7) is 0. The molecule has 2 aromatic rings. The average Bonchev–Trinajstić information content (AvgIpc) is 2.53. The first kappa shape index (κ1) is 13.9. The summed E-state index contributed by atoms with van der Waals surface area (Å²) in [4.78, 5) is 0. The van der Waals surface area contributed by atoms with Gasteiger partial charge in [0.1, 0.15) is 11.6 Å². The van der Waals surface area contributed by atoms with Crippen molar-refractivity contribution in [1.29, 1.82) is 0 Å². The van der Waals surface area contributed by atoms with Crippen molar-refractivity contribution in [2.24, 2.45) is 0 Å². The zero-order valence-corrected chi connectivity index (χ0v) is 12.2. The van der Waals surface area contributed by atoms with Gasteiger partial charge >= 0.3 is 0 Å². The zero-order chi connectivity index (χ0) is 14.7. The van der Waals surface area contributed by atoms with Crippen molar-refractivity contribution in [1.82, 2.24) is 0 Å². The molecule has 1 aliphatic carbocycles. The third-order valence-electron chi connectivity index (χ3n) is 4.06. The average molecular weight is 282 g/mol. The Hall–Kier alpha value is -2.09. The van der Waals surface area contributed by atoms with Crippen LogP contribution in [0.5, 0.6) is 5.75 Å². The van der Waals surface area contributed by atoms with Gasteiger partial charge in [-0.15, -0.1) is 0 Å². The molecular weight excluding hydrogens is 263 g/mol. The molecule has 3 rings (SSSR count). The van der Waals surface area contributed by atoms with E-state index in [0.717, 1.165) is 31.4 Å². The molecule has 0 unspecified atom stereocenters. The van der Waals surface area contributed by atoms with Gasteiger partial charge in [-0.05, 0) is 72.2 Å². The van der Waals surface area contributed by atoms with Gasteiger partial charge in [0.2, 0.25) is 0 Å². The molecule has 0 saturated carbocycles. The molecule has 2 aromatic carbocycles. The van der Waals surface area contributed by atoms with Gasteiger partial charge in [-0.2, -0.15) is 0 Å². The van der Waals surface area contributed by atoms with Gasteiger partial charge in [-0.3, -0.25) is 0 Å². The minimum atomic E-state index is -0.173. The second-order valence-electron chi connectivity index (χ2n) is 5.42. The summed E-state index contributed by atoms with van der Waals surface area (Å²) in [6.07, 6.45) is 6.42. The molecule has 0 atom stereocenters. The molecule has 108 valence electrons. The van der Waals surface area contributed by atoms with Crippen molar-refractivity contribution < 1.29 is 9.13 Å². The molecule has 0 radical (unpaired) electrons. The first-order valence-electron chi connectivity index (χ1n) is 7.37. The van der Waals surface area contributed by atoms with Gasteiger partial charge in [-0.1, -0.05) is 24.3 Å². The van der Waals surface area contributed by atoms with Crippen LogP contribution in [-0.2, 0) is 12.8 Å². The van der Waals surface area contributed by atoms with Crippen LogP contribution in [0.25, 0.3) is 5.57 Å². The van der Waals surface area contributed by atoms with E-state index in [-0.39, 0.29) is 5.82 Å². The topological polar surface area (TPSA) is 9.23 Å². The Morgan fingerprint density at radius 3 is 2.62 bits per heavy atom. The van der Waals surface area contributed by atoms with Crippen molar-refractivity contribution in [3.63, 3.8) is 0 Å². The van der Waals surface area contributed by atoms with Crippen molar-refractivity contribution in [2.45, 2.75) is 25.7 Å². The number of halogens is 1. The lowest BCUT2D eigenvalue weighted by Gasteiger charge is -2.19. The van der Waals surface area contributed by atoms with Crippen LogP contribution in [0, 0.1) is 5.82 Å². The molecule has 0 amide bonds. The van der Waals surface area contributed by atoms with Crippen LogP contribution in [0.2, 0.25) is 0 Å². The number of ether oxygens (including phenoxy) is 1. The van der Waals surface area contributed by atoms with E-state index in [4.69, 9.17) is 4.74 Å². The van der Waals surface area contributed by atoms with Gasteiger partial charge in [0.15, 0.2) is 0 Å². The van der Waals surface area contributed by atoms with Crippen LogP contribution in [0.15, 0.2) is 48.5 Å². The fraction of sp³-hybridized carbons (Fsp3) is 0.263. The Labute approximate surface area is 125 Å². The molecule has 0 N–H and O–H groups in total. The van der Waals surface area contributed by atoms with Crippen LogP contribution in [0.4, 0.5) is 4.39 Å². The molecule has 1 nitrogen and oxygen atoms in total. The second kappa shape index (κ2) is 6.13. The molecule has 2 heteroatoms. The quantitative estimate of drug-likeness (QED) is 0.783. The van der Waals surface area contributed by atoms with E-state index in [2.05, 4.69) is 18.2 Å². The van der Waals surface area contributed by atoms with Crippen LogP contribution >= 0.6 is 0 Å². The highest BCUT2D eigenvalue weighted by Crippen LogP contribution is 2.32. The zero-order valence-electron chi connectivity index (χ0n) is 12.2. The van der Waals surface area contributed by atoms with E-state index in [1.807, 2.05) is 18.2 Å². The minimum Gasteiger partial charge on any atom is -0.497 e. The van der Waals surface area contributed by atoms with E-state index in [9.17, 15) is 4.39 Å². The van der Waals surface area contributed by atoms with Crippen molar-refractivity contribution in [2.75, 3.05) is 7.11 Å². The van der Waals surface area contributed by atoms with E-state index in [1.54, 1.807) is 7.11 Å². The summed E-state index contributed by atoms with van der Waals surface area (Å²) in [5, 5.41) is 0. The summed E-state index contributed by atoms with van der Waals surface area (Å²) in [5.74, 6) is 0.751. The summed E-state index contributed by atoms with van der Waals surface area (Å²) >= 11 is 0. The van der Waals surface area contributed by atoms with E-state index in [0.29, 0.717) is 0 Å². The number of methoxy groups -OCH3 is 1. The molecular formula is C19H19FO.